The molecule has 0 fully saturated rings. The van der Waals surface area contributed by atoms with Gasteiger partial charge in [0.2, 0.25) is 0 Å². The first-order valence-electron chi connectivity index (χ1n) is 20.5. The van der Waals surface area contributed by atoms with Gasteiger partial charge in [-0.1, -0.05) is 194 Å². The predicted molar refractivity (Wildman–Crippen MR) is 202 cm³/mol. The number of amides is 4. The Morgan fingerprint density at radius 1 is 0.370 bits per heavy atom. The van der Waals surface area contributed by atoms with Crippen molar-refractivity contribution in [1.82, 2.24) is 21.3 Å². The molecule has 0 bridgehead atoms. The fourth-order valence-electron chi connectivity index (χ4n) is 7.02. The molecule has 2 atom stereocenters. The van der Waals surface area contributed by atoms with Crippen LogP contribution in [0.1, 0.15) is 206 Å². The van der Waals surface area contributed by atoms with Crippen molar-refractivity contribution in [2.75, 3.05) is 27.2 Å². The molecule has 0 heterocycles. The van der Waals surface area contributed by atoms with E-state index in [2.05, 4.69) is 35.1 Å². The molecule has 0 aromatic rings. The average molecular weight is 651 g/mol. The second-order valence-electron chi connectivity index (χ2n) is 14.2. The predicted octanol–water partition coefficient (Wildman–Crippen LogP) is 11.8. The summed E-state index contributed by atoms with van der Waals surface area (Å²) in [4.78, 5) is 22.7. The van der Waals surface area contributed by atoms with Gasteiger partial charge in [-0.25, -0.2) is 9.59 Å². The van der Waals surface area contributed by atoms with Crippen molar-refractivity contribution in [3.63, 3.8) is 0 Å². The summed E-state index contributed by atoms with van der Waals surface area (Å²) < 4.78 is 0. The molecule has 4 amide bonds. The Hall–Kier alpha value is -1.46. The number of urea groups is 2. The molecule has 0 aromatic heterocycles. The van der Waals surface area contributed by atoms with Crippen LogP contribution < -0.4 is 21.3 Å². The summed E-state index contributed by atoms with van der Waals surface area (Å²) in [5, 5.41) is 11.1. The highest BCUT2D eigenvalue weighted by Crippen LogP contribution is 2.33. The van der Waals surface area contributed by atoms with Crippen LogP contribution in [0, 0.1) is 11.8 Å². The van der Waals surface area contributed by atoms with Crippen LogP contribution >= 0.6 is 0 Å². The van der Waals surface area contributed by atoms with E-state index in [1.165, 1.54) is 180 Å². The molecule has 4 N–H and O–H groups in total. The smallest absolute Gasteiger partial charge is 0.314 e. The number of nitrogens with one attached hydrogen (secondary N) is 4. The van der Waals surface area contributed by atoms with Gasteiger partial charge >= 0.3 is 12.1 Å². The maximum absolute atomic E-state index is 11.3. The van der Waals surface area contributed by atoms with Gasteiger partial charge in [0.1, 0.15) is 0 Å². The van der Waals surface area contributed by atoms with Gasteiger partial charge in [-0.2, -0.15) is 0 Å². The van der Waals surface area contributed by atoms with Gasteiger partial charge < -0.3 is 21.3 Å². The summed E-state index contributed by atoms with van der Waals surface area (Å²) in [7, 11) is 3.35. The van der Waals surface area contributed by atoms with E-state index in [0.717, 1.165) is 37.8 Å². The highest BCUT2D eigenvalue weighted by Gasteiger charge is 2.20. The molecule has 2 unspecified atom stereocenters. The fraction of sp³-hybridized carbons (Fsp3) is 0.950. The van der Waals surface area contributed by atoms with E-state index < -0.39 is 0 Å². The van der Waals surface area contributed by atoms with Crippen LogP contribution in [0.3, 0.4) is 0 Å². The van der Waals surface area contributed by atoms with E-state index >= 15 is 0 Å². The van der Waals surface area contributed by atoms with Crippen molar-refractivity contribution >= 4 is 12.1 Å². The van der Waals surface area contributed by atoms with E-state index in [1.807, 2.05) is 0 Å². The van der Waals surface area contributed by atoms with Crippen molar-refractivity contribution in [3.8, 4) is 0 Å². The van der Waals surface area contributed by atoms with Gasteiger partial charge in [0.25, 0.3) is 0 Å². The monoisotopic (exact) mass is 651 g/mol. The van der Waals surface area contributed by atoms with E-state index in [0.29, 0.717) is 0 Å². The standard InChI is InChI=1S/C40H82N4O2/c1-5-7-9-11-13-19-25-31-37(33-27-21-15-17-23-29-35-43-39(45)41-3)38(32-26-20-14-12-10-8-6-2)34-28-22-16-18-24-30-36-44-40(46)42-4/h37-38H,5-36H2,1-4H3,(H2,41,43,45)(H2,42,44,46). The number of unbranched alkanes of at least 4 members (excludes halogenated alkanes) is 22. The summed E-state index contributed by atoms with van der Waals surface area (Å²) in [6, 6.07) is -0.129. The molecule has 6 nitrogen and oxygen atoms in total. The highest BCUT2D eigenvalue weighted by atomic mass is 16.2. The lowest BCUT2D eigenvalue weighted by molar-refractivity contribution is 0.236. The molecule has 274 valence electrons. The zero-order valence-corrected chi connectivity index (χ0v) is 31.6. The van der Waals surface area contributed by atoms with Gasteiger partial charge in [-0.3, -0.25) is 0 Å². The third kappa shape index (κ3) is 31.2. The Kier molecular flexibility index (Phi) is 35.2. The first kappa shape index (κ1) is 44.5. The van der Waals surface area contributed by atoms with Crippen LogP contribution in [-0.4, -0.2) is 39.2 Å². The lowest BCUT2D eigenvalue weighted by atomic mass is 9.78. The van der Waals surface area contributed by atoms with Gasteiger partial charge in [0, 0.05) is 27.2 Å². The number of hydrogen-bond donors (Lipinski definition) is 4. The summed E-state index contributed by atoms with van der Waals surface area (Å²) in [5.41, 5.74) is 0. The van der Waals surface area contributed by atoms with Crippen molar-refractivity contribution in [3.05, 3.63) is 0 Å². The number of rotatable bonds is 35. The lowest BCUT2D eigenvalue weighted by Gasteiger charge is -2.28. The summed E-state index contributed by atoms with van der Waals surface area (Å²) in [5.74, 6) is 1.84. The van der Waals surface area contributed by atoms with Gasteiger partial charge in [0.15, 0.2) is 0 Å². The largest absolute Gasteiger partial charge is 0.341 e. The van der Waals surface area contributed by atoms with Crippen molar-refractivity contribution < 1.29 is 9.59 Å². The molecule has 0 rings (SSSR count). The number of carbonyl (C=O) groups is 2. The molecule has 0 aliphatic rings. The minimum Gasteiger partial charge on any atom is -0.341 e. The van der Waals surface area contributed by atoms with E-state index in [-0.39, 0.29) is 12.1 Å². The molecule has 0 aromatic carbocycles. The summed E-state index contributed by atoms with van der Waals surface area (Å²) >= 11 is 0. The Labute approximate surface area is 287 Å². The first-order valence-corrected chi connectivity index (χ1v) is 20.5. The average Bonchev–Trinajstić information content (AvgIpc) is 3.07. The Balaban J connectivity index is 4.77. The maximum atomic E-state index is 11.3. The zero-order chi connectivity index (χ0) is 33.8. The van der Waals surface area contributed by atoms with Crippen molar-refractivity contribution in [2.24, 2.45) is 11.8 Å². The minimum absolute atomic E-state index is 0.0647. The minimum atomic E-state index is -0.0647. The molecule has 0 aliphatic carbocycles. The molecule has 0 saturated heterocycles. The highest BCUT2D eigenvalue weighted by molar-refractivity contribution is 5.73. The Morgan fingerprint density at radius 2 is 0.609 bits per heavy atom. The molecule has 6 heteroatoms. The lowest BCUT2D eigenvalue weighted by Crippen LogP contribution is -2.33. The summed E-state index contributed by atoms with van der Waals surface area (Å²) in [6.07, 6.45) is 41.0. The van der Waals surface area contributed by atoms with Crippen LogP contribution in [-0.2, 0) is 0 Å². The van der Waals surface area contributed by atoms with Crippen LogP contribution in [0.25, 0.3) is 0 Å². The molecule has 0 saturated carbocycles. The Bertz CT molecular complexity index is 591. The van der Waals surface area contributed by atoms with Crippen LogP contribution in [0.15, 0.2) is 0 Å². The van der Waals surface area contributed by atoms with E-state index in [4.69, 9.17) is 0 Å². The number of hydrogen-bond acceptors (Lipinski definition) is 2. The Morgan fingerprint density at radius 3 is 0.870 bits per heavy atom. The molecule has 0 aliphatic heterocycles. The second kappa shape index (κ2) is 36.4. The van der Waals surface area contributed by atoms with Crippen molar-refractivity contribution in [1.29, 1.82) is 0 Å². The van der Waals surface area contributed by atoms with Crippen LogP contribution in [0.2, 0.25) is 0 Å². The molecule has 46 heavy (non-hydrogen) atoms. The molecular weight excluding hydrogens is 568 g/mol. The van der Waals surface area contributed by atoms with Gasteiger partial charge in [0.05, 0.1) is 0 Å². The topological polar surface area (TPSA) is 82.3 Å². The third-order valence-electron chi connectivity index (χ3n) is 10.1. The zero-order valence-electron chi connectivity index (χ0n) is 31.6. The molecule has 0 radical (unpaired) electrons. The third-order valence-corrected chi connectivity index (χ3v) is 10.1. The van der Waals surface area contributed by atoms with Crippen LogP contribution in [0.5, 0.6) is 0 Å². The van der Waals surface area contributed by atoms with Gasteiger partial charge in [-0.15, -0.1) is 0 Å². The molecule has 0 spiro atoms. The normalized spacial score (nSPS) is 12.5. The van der Waals surface area contributed by atoms with E-state index in [1.54, 1.807) is 14.1 Å². The van der Waals surface area contributed by atoms with Gasteiger partial charge in [-0.05, 0) is 24.7 Å². The van der Waals surface area contributed by atoms with E-state index in [9.17, 15) is 9.59 Å². The number of carbonyl (C=O) groups excluding carboxylic acids is 2. The van der Waals surface area contributed by atoms with Crippen LogP contribution in [0.4, 0.5) is 9.59 Å². The first-order chi connectivity index (χ1) is 22.6. The fourth-order valence-corrected chi connectivity index (χ4v) is 7.02. The summed E-state index contributed by atoms with van der Waals surface area (Å²) in [6.45, 7) is 6.20. The quantitative estimate of drug-likeness (QED) is 0.0515. The molecular formula is C40H82N4O2. The van der Waals surface area contributed by atoms with Crippen molar-refractivity contribution in [2.45, 2.75) is 206 Å². The maximum Gasteiger partial charge on any atom is 0.314 e. The second-order valence-corrected chi connectivity index (χ2v) is 14.2. The SMILES string of the molecule is CCCCCCCCCC(CCCCCCCCNC(=O)NC)C(CCCCCCCCC)CCCCCCCCNC(=O)NC.